The maximum atomic E-state index is 12.3. The second kappa shape index (κ2) is 7.06. The van der Waals surface area contributed by atoms with Crippen molar-refractivity contribution >= 4 is 35.4 Å². The van der Waals surface area contributed by atoms with Gasteiger partial charge in [-0.1, -0.05) is 6.92 Å². The second-order valence-corrected chi connectivity index (χ2v) is 6.18. The molecule has 0 bridgehead atoms. The molecule has 25 heavy (non-hydrogen) atoms. The minimum absolute atomic E-state index is 0.0711. The number of aromatic amines is 1. The van der Waals surface area contributed by atoms with Crippen LogP contribution in [-0.2, 0) is 22.6 Å². The first-order valence-corrected chi connectivity index (χ1v) is 8.44. The molecule has 1 aromatic carbocycles. The fourth-order valence-electron chi connectivity index (χ4n) is 2.56. The number of hydrogen-bond acceptors (Lipinski definition) is 5. The molecule has 1 aromatic heterocycles. The number of rotatable bonds is 5. The number of H-pyrrole nitrogens is 1. The number of nitrogens with zero attached hydrogens (tertiary/aromatic N) is 2. The standard InChI is InChI=1S/C16H19N5O3S/c1-3-4-13-19-20-16(25)21(13)8-14(22)17-10-5-6-12-11(7-10)18-15(23)9(2)24-12/h5-7,9H,3-4,8H2,1-2H3,(H,17,22)(H,18,23)(H,20,25). The molecule has 2 heterocycles. The number of ether oxygens (including phenoxy) is 1. The minimum atomic E-state index is -0.534. The molecule has 0 spiro atoms. The average molecular weight is 361 g/mol. The van der Waals surface area contributed by atoms with E-state index in [1.807, 2.05) is 6.92 Å². The molecule has 3 N–H and O–H groups in total. The van der Waals surface area contributed by atoms with Gasteiger partial charge < -0.3 is 15.4 Å². The van der Waals surface area contributed by atoms with Crippen LogP contribution in [-0.4, -0.2) is 32.7 Å². The van der Waals surface area contributed by atoms with Crippen molar-refractivity contribution in [3.63, 3.8) is 0 Å². The summed E-state index contributed by atoms with van der Waals surface area (Å²) in [6.07, 6.45) is 1.11. The Bertz CT molecular complexity index is 873. The van der Waals surface area contributed by atoms with Crippen molar-refractivity contribution in [2.45, 2.75) is 39.3 Å². The monoisotopic (exact) mass is 361 g/mol. The van der Waals surface area contributed by atoms with Crippen LogP contribution in [0.2, 0.25) is 0 Å². The fraction of sp³-hybridized carbons (Fsp3) is 0.375. The van der Waals surface area contributed by atoms with E-state index in [0.717, 1.165) is 18.7 Å². The Kier molecular flexibility index (Phi) is 4.84. The largest absolute Gasteiger partial charge is 0.479 e. The van der Waals surface area contributed by atoms with Crippen LogP contribution in [0.25, 0.3) is 0 Å². The highest BCUT2D eigenvalue weighted by Gasteiger charge is 2.23. The molecule has 132 valence electrons. The third-order valence-corrected chi connectivity index (χ3v) is 4.12. The number of aromatic nitrogens is 3. The van der Waals surface area contributed by atoms with E-state index in [1.165, 1.54) is 0 Å². The van der Waals surface area contributed by atoms with Gasteiger partial charge in [0.05, 0.1) is 5.69 Å². The number of hydrogen-bond donors (Lipinski definition) is 3. The van der Waals surface area contributed by atoms with Crippen LogP contribution in [0.5, 0.6) is 5.75 Å². The molecule has 2 aromatic rings. The zero-order valence-corrected chi connectivity index (χ0v) is 14.8. The first-order chi connectivity index (χ1) is 12.0. The maximum absolute atomic E-state index is 12.3. The van der Waals surface area contributed by atoms with Crippen molar-refractivity contribution in [1.29, 1.82) is 0 Å². The molecule has 2 amide bonds. The molecule has 1 aliphatic rings. The number of aryl methyl sites for hydroxylation is 1. The summed E-state index contributed by atoms with van der Waals surface area (Å²) in [5.74, 6) is 0.881. The van der Waals surface area contributed by atoms with E-state index in [9.17, 15) is 9.59 Å². The second-order valence-electron chi connectivity index (χ2n) is 5.79. The number of carbonyl (C=O) groups excluding carboxylic acids is 2. The number of benzene rings is 1. The Labute approximate surface area is 149 Å². The molecular weight excluding hydrogens is 342 g/mol. The van der Waals surface area contributed by atoms with Gasteiger partial charge in [0.15, 0.2) is 10.9 Å². The van der Waals surface area contributed by atoms with Crippen molar-refractivity contribution in [3.05, 3.63) is 28.8 Å². The summed E-state index contributed by atoms with van der Waals surface area (Å²) in [4.78, 5) is 24.0. The van der Waals surface area contributed by atoms with Gasteiger partial charge in [-0.15, -0.1) is 0 Å². The van der Waals surface area contributed by atoms with Crippen LogP contribution in [0, 0.1) is 4.77 Å². The zero-order valence-electron chi connectivity index (χ0n) is 14.0. The van der Waals surface area contributed by atoms with Crippen LogP contribution < -0.4 is 15.4 Å². The SMILES string of the molecule is CCCc1n[nH]c(=S)n1CC(=O)Nc1ccc2c(c1)NC(=O)C(C)O2. The number of amides is 2. The van der Waals surface area contributed by atoms with E-state index in [0.29, 0.717) is 21.9 Å². The average Bonchev–Trinajstić information content (AvgIpc) is 2.90. The Morgan fingerprint density at radius 3 is 3.04 bits per heavy atom. The number of nitrogens with one attached hydrogen (secondary N) is 3. The van der Waals surface area contributed by atoms with Crippen molar-refractivity contribution in [3.8, 4) is 5.75 Å². The lowest BCUT2D eigenvalue weighted by molar-refractivity contribution is -0.122. The van der Waals surface area contributed by atoms with Crippen molar-refractivity contribution in [2.75, 3.05) is 10.6 Å². The quantitative estimate of drug-likeness (QED) is 0.709. The van der Waals surface area contributed by atoms with Crippen molar-refractivity contribution < 1.29 is 14.3 Å². The molecule has 0 saturated heterocycles. The minimum Gasteiger partial charge on any atom is -0.479 e. The first kappa shape index (κ1) is 17.2. The Morgan fingerprint density at radius 2 is 2.28 bits per heavy atom. The predicted molar refractivity (Wildman–Crippen MR) is 95.2 cm³/mol. The van der Waals surface area contributed by atoms with Crippen LogP contribution in [0.4, 0.5) is 11.4 Å². The summed E-state index contributed by atoms with van der Waals surface area (Å²) in [5, 5.41) is 12.4. The molecule has 1 atom stereocenters. The van der Waals surface area contributed by atoms with Gasteiger partial charge in [0.2, 0.25) is 5.91 Å². The summed E-state index contributed by atoms with van der Waals surface area (Å²) < 4.78 is 7.59. The third kappa shape index (κ3) is 3.71. The fourth-order valence-corrected chi connectivity index (χ4v) is 2.77. The molecule has 9 heteroatoms. The Balaban J connectivity index is 1.72. The van der Waals surface area contributed by atoms with E-state index in [4.69, 9.17) is 17.0 Å². The normalized spacial score (nSPS) is 15.9. The van der Waals surface area contributed by atoms with Gasteiger partial charge in [-0.25, -0.2) is 0 Å². The van der Waals surface area contributed by atoms with Gasteiger partial charge in [-0.3, -0.25) is 19.3 Å². The van der Waals surface area contributed by atoms with E-state index in [2.05, 4.69) is 20.8 Å². The molecule has 0 fully saturated rings. The van der Waals surface area contributed by atoms with Crippen LogP contribution >= 0.6 is 12.2 Å². The smallest absolute Gasteiger partial charge is 0.265 e. The molecule has 3 rings (SSSR count). The molecule has 1 unspecified atom stereocenters. The summed E-state index contributed by atoms with van der Waals surface area (Å²) in [5.41, 5.74) is 1.10. The summed E-state index contributed by atoms with van der Waals surface area (Å²) in [6.45, 7) is 3.78. The number of anilines is 2. The third-order valence-electron chi connectivity index (χ3n) is 3.81. The van der Waals surface area contributed by atoms with E-state index < -0.39 is 6.10 Å². The lowest BCUT2D eigenvalue weighted by Gasteiger charge is -2.23. The van der Waals surface area contributed by atoms with Crippen LogP contribution in [0.1, 0.15) is 26.1 Å². The van der Waals surface area contributed by atoms with Crippen molar-refractivity contribution in [2.24, 2.45) is 0 Å². The van der Waals surface area contributed by atoms with Gasteiger partial charge >= 0.3 is 0 Å². The number of carbonyl (C=O) groups is 2. The summed E-state index contributed by atoms with van der Waals surface area (Å²) in [6, 6.07) is 5.11. The lowest BCUT2D eigenvalue weighted by atomic mass is 10.2. The molecule has 0 saturated carbocycles. The molecule has 0 aliphatic carbocycles. The highest BCUT2D eigenvalue weighted by molar-refractivity contribution is 7.71. The highest BCUT2D eigenvalue weighted by Crippen LogP contribution is 2.32. The van der Waals surface area contributed by atoms with Gasteiger partial charge in [0.25, 0.3) is 5.91 Å². The molecule has 8 nitrogen and oxygen atoms in total. The van der Waals surface area contributed by atoms with E-state index in [1.54, 1.807) is 29.7 Å². The van der Waals surface area contributed by atoms with Gasteiger partial charge in [-0.2, -0.15) is 5.10 Å². The molecular formula is C16H19N5O3S. The first-order valence-electron chi connectivity index (χ1n) is 8.03. The summed E-state index contributed by atoms with van der Waals surface area (Å²) in [7, 11) is 0. The molecule has 1 aliphatic heterocycles. The van der Waals surface area contributed by atoms with Crippen LogP contribution in [0.15, 0.2) is 18.2 Å². The summed E-state index contributed by atoms with van der Waals surface area (Å²) >= 11 is 5.17. The highest BCUT2D eigenvalue weighted by atomic mass is 32.1. The maximum Gasteiger partial charge on any atom is 0.265 e. The Hall–Kier alpha value is -2.68. The van der Waals surface area contributed by atoms with Gasteiger partial charge in [-0.05, 0) is 43.8 Å². The lowest BCUT2D eigenvalue weighted by Crippen LogP contribution is -2.34. The topological polar surface area (TPSA) is 101 Å². The molecule has 0 radical (unpaired) electrons. The van der Waals surface area contributed by atoms with E-state index >= 15 is 0 Å². The van der Waals surface area contributed by atoms with Crippen molar-refractivity contribution in [1.82, 2.24) is 14.8 Å². The van der Waals surface area contributed by atoms with E-state index in [-0.39, 0.29) is 18.4 Å². The Morgan fingerprint density at radius 1 is 1.48 bits per heavy atom. The zero-order chi connectivity index (χ0) is 18.0. The predicted octanol–water partition coefficient (Wildman–Crippen LogP) is 2.25. The number of fused-ring (bicyclic) bond motifs is 1. The van der Waals surface area contributed by atoms with Crippen LogP contribution in [0.3, 0.4) is 0 Å². The van der Waals surface area contributed by atoms with Gasteiger partial charge in [0, 0.05) is 12.1 Å². The van der Waals surface area contributed by atoms with Gasteiger partial charge in [0.1, 0.15) is 18.1 Å².